The molecule has 0 radical (unpaired) electrons. The van der Waals surface area contributed by atoms with E-state index in [1.54, 1.807) is 6.07 Å². The van der Waals surface area contributed by atoms with Crippen molar-refractivity contribution in [3.8, 4) is 5.75 Å². The Bertz CT molecular complexity index is 488. The first kappa shape index (κ1) is 15.7. The lowest BCUT2D eigenvalue weighted by atomic mass is 10.1. The van der Waals surface area contributed by atoms with Gasteiger partial charge in [-0.15, -0.1) is 0 Å². The second kappa shape index (κ2) is 7.34. The van der Waals surface area contributed by atoms with Crippen LogP contribution >= 0.6 is 0 Å². The Kier molecular flexibility index (Phi) is 5.48. The first-order valence-electron chi connectivity index (χ1n) is 8.01. The van der Waals surface area contributed by atoms with Crippen LogP contribution in [0.25, 0.3) is 0 Å². The summed E-state index contributed by atoms with van der Waals surface area (Å²) in [6.07, 6.45) is 5.54. The fraction of sp³-hybridized carbons (Fsp3) is 0.588. The van der Waals surface area contributed by atoms with E-state index in [9.17, 15) is 4.79 Å². The van der Waals surface area contributed by atoms with Crippen LogP contribution in [0.2, 0.25) is 0 Å². The van der Waals surface area contributed by atoms with E-state index in [0.717, 1.165) is 25.8 Å². The number of carbonyl (C=O) groups is 1. The normalized spacial score (nSPS) is 19.1. The van der Waals surface area contributed by atoms with Crippen molar-refractivity contribution in [3.63, 3.8) is 0 Å². The highest BCUT2D eigenvalue weighted by molar-refractivity contribution is 6.02. The SMILES string of the molecule is CCOc1cccc(N)c1C(=O)N1CCCCCC1CC. The van der Waals surface area contributed by atoms with Gasteiger partial charge in [-0.25, -0.2) is 0 Å². The van der Waals surface area contributed by atoms with E-state index in [1.807, 2.05) is 24.0 Å². The molecule has 1 unspecified atom stereocenters. The summed E-state index contributed by atoms with van der Waals surface area (Å²) < 4.78 is 5.60. The monoisotopic (exact) mass is 290 g/mol. The number of carbonyl (C=O) groups excluding carboxylic acids is 1. The molecule has 0 spiro atoms. The van der Waals surface area contributed by atoms with Crippen LogP contribution in [0.15, 0.2) is 18.2 Å². The van der Waals surface area contributed by atoms with Gasteiger partial charge < -0.3 is 15.4 Å². The van der Waals surface area contributed by atoms with E-state index in [2.05, 4.69) is 6.92 Å². The molecule has 4 heteroatoms. The van der Waals surface area contributed by atoms with E-state index in [1.165, 1.54) is 12.8 Å². The Labute approximate surface area is 127 Å². The Morgan fingerprint density at radius 3 is 2.86 bits per heavy atom. The van der Waals surface area contributed by atoms with Crippen LogP contribution in [0.1, 0.15) is 56.3 Å². The number of ether oxygens (including phenoxy) is 1. The number of hydrogen-bond acceptors (Lipinski definition) is 3. The van der Waals surface area contributed by atoms with E-state index < -0.39 is 0 Å². The number of nitrogens with zero attached hydrogens (tertiary/aromatic N) is 1. The Morgan fingerprint density at radius 2 is 2.14 bits per heavy atom. The maximum absolute atomic E-state index is 13.0. The minimum absolute atomic E-state index is 0.0188. The third-order valence-corrected chi connectivity index (χ3v) is 4.18. The van der Waals surface area contributed by atoms with Crippen molar-refractivity contribution in [2.45, 2.75) is 52.0 Å². The van der Waals surface area contributed by atoms with Gasteiger partial charge >= 0.3 is 0 Å². The topological polar surface area (TPSA) is 55.6 Å². The fourth-order valence-electron chi connectivity index (χ4n) is 3.07. The highest BCUT2D eigenvalue weighted by Crippen LogP contribution is 2.29. The molecular weight excluding hydrogens is 264 g/mol. The van der Waals surface area contributed by atoms with Gasteiger partial charge in [0.2, 0.25) is 0 Å². The van der Waals surface area contributed by atoms with Crippen LogP contribution in [-0.4, -0.2) is 30.0 Å². The van der Waals surface area contributed by atoms with Crippen molar-refractivity contribution in [1.29, 1.82) is 0 Å². The number of nitrogens with two attached hydrogens (primary N) is 1. The molecule has 2 N–H and O–H groups in total. The number of anilines is 1. The van der Waals surface area contributed by atoms with Crippen molar-refractivity contribution in [3.05, 3.63) is 23.8 Å². The lowest BCUT2D eigenvalue weighted by molar-refractivity contribution is 0.0675. The van der Waals surface area contributed by atoms with Gasteiger partial charge in [0.15, 0.2) is 0 Å². The minimum Gasteiger partial charge on any atom is -0.493 e. The number of amides is 1. The first-order chi connectivity index (χ1) is 10.2. The zero-order valence-corrected chi connectivity index (χ0v) is 13.1. The molecule has 1 aliphatic rings. The van der Waals surface area contributed by atoms with E-state index in [0.29, 0.717) is 29.6 Å². The first-order valence-corrected chi connectivity index (χ1v) is 8.01. The zero-order valence-electron chi connectivity index (χ0n) is 13.1. The third-order valence-electron chi connectivity index (χ3n) is 4.18. The lowest BCUT2D eigenvalue weighted by Gasteiger charge is -2.30. The smallest absolute Gasteiger partial charge is 0.259 e. The Morgan fingerprint density at radius 1 is 1.33 bits per heavy atom. The van der Waals surface area contributed by atoms with Crippen molar-refractivity contribution >= 4 is 11.6 Å². The van der Waals surface area contributed by atoms with Crippen LogP contribution < -0.4 is 10.5 Å². The second-order valence-corrected chi connectivity index (χ2v) is 5.56. The molecule has 21 heavy (non-hydrogen) atoms. The largest absolute Gasteiger partial charge is 0.493 e. The molecular formula is C17H26N2O2. The van der Waals surface area contributed by atoms with Gasteiger partial charge in [-0.05, 0) is 38.3 Å². The van der Waals surface area contributed by atoms with E-state index in [-0.39, 0.29) is 5.91 Å². The van der Waals surface area contributed by atoms with Crippen molar-refractivity contribution in [1.82, 2.24) is 4.90 Å². The summed E-state index contributed by atoms with van der Waals surface area (Å²) >= 11 is 0. The van der Waals surface area contributed by atoms with Gasteiger partial charge in [-0.3, -0.25) is 4.79 Å². The summed E-state index contributed by atoms with van der Waals surface area (Å²) in [6, 6.07) is 5.74. The molecule has 0 aliphatic carbocycles. The predicted octanol–water partition coefficient (Wildman–Crippen LogP) is 3.46. The average Bonchev–Trinajstić information content (AvgIpc) is 2.72. The standard InChI is InChI=1S/C17H26N2O2/c1-3-13-9-6-5-7-12-19(13)17(20)16-14(18)10-8-11-15(16)21-4-2/h8,10-11,13H,3-7,9,12,18H2,1-2H3. The molecule has 1 aliphatic heterocycles. The molecule has 2 rings (SSSR count). The summed E-state index contributed by atoms with van der Waals surface area (Å²) in [5, 5.41) is 0. The van der Waals surface area contributed by atoms with Gasteiger partial charge in [-0.2, -0.15) is 0 Å². The maximum atomic E-state index is 13.0. The molecule has 116 valence electrons. The third kappa shape index (κ3) is 3.49. The van der Waals surface area contributed by atoms with Crippen LogP contribution in [0, 0.1) is 0 Å². The molecule has 1 atom stereocenters. The number of nitrogen functional groups attached to an aromatic ring is 1. The van der Waals surface area contributed by atoms with Crippen LogP contribution in [0.5, 0.6) is 5.75 Å². The molecule has 4 nitrogen and oxygen atoms in total. The van der Waals surface area contributed by atoms with E-state index >= 15 is 0 Å². The maximum Gasteiger partial charge on any atom is 0.259 e. The number of rotatable bonds is 4. The van der Waals surface area contributed by atoms with Crippen LogP contribution in [-0.2, 0) is 0 Å². The molecule has 1 heterocycles. The molecule has 1 saturated heterocycles. The summed E-state index contributed by atoms with van der Waals surface area (Å²) in [5.41, 5.74) is 7.09. The van der Waals surface area contributed by atoms with Crippen LogP contribution in [0.3, 0.4) is 0 Å². The van der Waals surface area contributed by atoms with Gasteiger partial charge in [0, 0.05) is 18.3 Å². The van der Waals surface area contributed by atoms with Crippen molar-refractivity contribution in [2.24, 2.45) is 0 Å². The summed E-state index contributed by atoms with van der Waals surface area (Å²) in [5.74, 6) is 0.618. The lowest BCUT2D eigenvalue weighted by Crippen LogP contribution is -2.40. The Hall–Kier alpha value is -1.71. The molecule has 1 fully saturated rings. The zero-order chi connectivity index (χ0) is 15.2. The minimum atomic E-state index is 0.0188. The summed E-state index contributed by atoms with van der Waals surface area (Å²) in [6.45, 7) is 5.41. The second-order valence-electron chi connectivity index (χ2n) is 5.56. The highest BCUT2D eigenvalue weighted by atomic mass is 16.5. The molecule has 1 aromatic carbocycles. The number of benzene rings is 1. The van der Waals surface area contributed by atoms with Gasteiger partial charge in [0.1, 0.15) is 11.3 Å². The Balaban J connectivity index is 2.33. The molecule has 0 bridgehead atoms. The summed E-state index contributed by atoms with van der Waals surface area (Å²) in [4.78, 5) is 15.0. The molecule has 1 amide bonds. The number of likely N-dealkylation sites (tertiary alicyclic amines) is 1. The van der Waals surface area contributed by atoms with Gasteiger partial charge in [0.05, 0.1) is 6.61 Å². The quantitative estimate of drug-likeness (QED) is 0.864. The number of hydrogen-bond donors (Lipinski definition) is 1. The van der Waals surface area contributed by atoms with Crippen molar-refractivity contribution < 1.29 is 9.53 Å². The highest BCUT2D eigenvalue weighted by Gasteiger charge is 2.28. The van der Waals surface area contributed by atoms with Crippen LogP contribution in [0.4, 0.5) is 5.69 Å². The van der Waals surface area contributed by atoms with Gasteiger partial charge in [0.25, 0.3) is 5.91 Å². The van der Waals surface area contributed by atoms with Gasteiger partial charge in [-0.1, -0.05) is 25.8 Å². The van der Waals surface area contributed by atoms with Crippen molar-refractivity contribution in [2.75, 3.05) is 18.9 Å². The molecule has 0 saturated carbocycles. The predicted molar refractivity (Wildman–Crippen MR) is 85.6 cm³/mol. The van der Waals surface area contributed by atoms with E-state index in [4.69, 9.17) is 10.5 Å². The average molecular weight is 290 g/mol. The fourth-order valence-corrected chi connectivity index (χ4v) is 3.07. The summed E-state index contributed by atoms with van der Waals surface area (Å²) in [7, 11) is 0. The molecule has 1 aromatic rings. The molecule has 0 aromatic heterocycles.